The molecule has 0 radical (unpaired) electrons. The summed E-state index contributed by atoms with van der Waals surface area (Å²) in [4.78, 5) is 0.104. The van der Waals surface area contributed by atoms with E-state index >= 15 is 0 Å². The lowest BCUT2D eigenvalue weighted by Crippen LogP contribution is -2.06. The van der Waals surface area contributed by atoms with Crippen molar-refractivity contribution in [2.45, 2.75) is 24.9 Å². The highest BCUT2D eigenvalue weighted by Gasteiger charge is 2.34. The number of phenolic OH excluding ortho intramolecular Hbond substituents is 1. The van der Waals surface area contributed by atoms with Crippen molar-refractivity contribution in [2.75, 3.05) is 5.75 Å². The third-order valence-corrected chi connectivity index (χ3v) is 5.30. The van der Waals surface area contributed by atoms with Crippen molar-refractivity contribution in [3.8, 4) is 16.9 Å². The first-order valence-electron chi connectivity index (χ1n) is 6.81. The number of alkyl halides is 3. The third kappa shape index (κ3) is 3.34. The Labute approximate surface area is 132 Å². The van der Waals surface area contributed by atoms with E-state index in [1.807, 2.05) is 0 Å². The number of aromatic hydroxyl groups is 1. The molecule has 0 aliphatic heterocycles. The number of aryl methyl sites for hydroxylation is 1. The summed E-state index contributed by atoms with van der Waals surface area (Å²) in [6.07, 6.45) is -4.67. The maximum Gasteiger partial charge on any atom is 0.419 e. The van der Waals surface area contributed by atoms with Gasteiger partial charge in [-0.1, -0.05) is 25.1 Å². The number of para-hydroxylation sites is 1. The van der Waals surface area contributed by atoms with E-state index < -0.39 is 27.3 Å². The maximum absolute atomic E-state index is 12.9. The van der Waals surface area contributed by atoms with Crippen molar-refractivity contribution < 1.29 is 26.7 Å². The fraction of sp³-hybridized carbons (Fsp3) is 0.250. The van der Waals surface area contributed by atoms with Gasteiger partial charge >= 0.3 is 6.18 Å². The number of phenols is 1. The van der Waals surface area contributed by atoms with Gasteiger partial charge in [-0.15, -0.1) is 0 Å². The van der Waals surface area contributed by atoms with E-state index in [9.17, 15) is 26.7 Å². The van der Waals surface area contributed by atoms with Gasteiger partial charge in [-0.25, -0.2) is 8.42 Å². The third-order valence-electron chi connectivity index (χ3n) is 3.57. The summed E-state index contributed by atoms with van der Waals surface area (Å²) in [6, 6.07) is 7.50. The highest BCUT2D eigenvalue weighted by Crippen LogP contribution is 2.42. The molecule has 0 aromatic heterocycles. The smallest absolute Gasteiger partial charge is 0.419 e. The normalized spacial score (nSPS) is 12.4. The van der Waals surface area contributed by atoms with Crippen LogP contribution in [0.3, 0.4) is 0 Å². The van der Waals surface area contributed by atoms with Crippen LogP contribution >= 0.6 is 0 Å². The fourth-order valence-electron chi connectivity index (χ4n) is 2.29. The highest BCUT2D eigenvalue weighted by atomic mass is 32.2. The van der Waals surface area contributed by atoms with E-state index in [0.29, 0.717) is 11.1 Å². The average Bonchev–Trinajstić information content (AvgIpc) is 2.46. The average molecular weight is 344 g/mol. The van der Waals surface area contributed by atoms with E-state index in [4.69, 9.17) is 0 Å². The molecule has 7 heteroatoms. The Morgan fingerprint density at radius 2 is 1.74 bits per heavy atom. The first-order valence-corrected chi connectivity index (χ1v) is 8.46. The lowest BCUT2D eigenvalue weighted by Gasteiger charge is -2.14. The summed E-state index contributed by atoms with van der Waals surface area (Å²) in [5, 5.41) is 9.94. The van der Waals surface area contributed by atoms with Crippen molar-refractivity contribution in [3.63, 3.8) is 0 Å². The zero-order valence-corrected chi connectivity index (χ0v) is 13.3. The van der Waals surface area contributed by atoms with Crippen molar-refractivity contribution in [1.29, 1.82) is 0 Å². The van der Waals surface area contributed by atoms with E-state index in [1.54, 1.807) is 6.92 Å². The van der Waals surface area contributed by atoms with Gasteiger partial charge < -0.3 is 5.11 Å². The number of benzene rings is 2. The van der Waals surface area contributed by atoms with E-state index in [0.717, 1.165) is 6.07 Å². The van der Waals surface area contributed by atoms with Crippen LogP contribution in [-0.4, -0.2) is 19.3 Å². The molecule has 0 bridgehead atoms. The SMILES string of the molecule is CCS(=O)(=O)c1ccc(-c2cccc(C(F)(F)F)c2O)c(C)c1. The molecular weight excluding hydrogens is 329 g/mol. The van der Waals surface area contributed by atoms with Gasteiger partial charge in [0.2, 0.25) is 0 Å². The molecule has 0 unspecified atom stereocenters. The minimum Gasteiger partial charge on any atom is -0.507 e. The Morgan fingerprint density at radius 3 is 2.26 bits per heavy atom. The zero-order valence-electron chi connectivity index (χ0n) is 12.5. The molecule has 124 valence electrons. The van der Waals surface area contributed by atoms with Gasteiger partial charge in [0, 0.05) is 5.56 Å². The summed E-state index contributed by atoms with van der Waals surface area (Å²) in [5.41, 5.74) is -0.296. The van der Waals surface area contributed by atoms with Crippen LogP contribution in [0.2, 0.25) is 0 Å². The molecule has 23 heavy (non-hydrogen) atoms. The van der Waals surface area contributed by atoms with Crippen molar-refractivity contribution in [1.82, 2.24) is 0 Å². The molecule has 2 rings (SSSR count). The minimum absolute atomic E-state index is 0.0118. The van der Waals surface area contributed by atoms with Gasteiger partial charge in [0.15, 0.2) is 9.84 Å². The molecule has 0 atom stereocenters. The highest BCUT2D eigenvalue weighted by molar-refractivity contribution is 7.91. The van der Waals surface area contributed by atoms with Gasteiger partial charge in [-0.2, -0.15) is 13.2 Å². The van der Waals surface area contributed by atoms with E-state index in [-0.39, 0.29) is 16.2 Å². The minimum atomic E-state index is -4.67. The Balaban J connectivity index is 2.61. The second kappa shape index (κ2) is 5.88. The van der Waals surface area contributed by atoms with Gasteiger partial charge in [0.25, 0.3) is 0 Å². The molecule has 0 spiro atoms. The number of hydrogen-bond donors (Lipinski definition) is 1. The lowest BCUT2D eigenvalue weighted by molar-refractivity contribution is -0.138. The first-order chi connectivity index (χ1) is 10.6. The van der Waals surface area contributed by atoms with Crippen LogP contribution in [0, 0.1) is 6.92 Å². The van der Waals surface area contributed by atoms with Crippen LogP contribution in [0.4, 0.5) is 13.2 Å². The number of halogens is 3. The van der Waals surface area contributed by atoms with E-state index in [2.05, 4.69) is 0 Å². The van der Waals surface area contributed by atoms with Crippen LogP contribution in [0.5, 0.6) is 5.75 Å². The molecule has 1 N–H and O–H groups in total. The van der Waals surface area contributed by atoms with Crippen LogP contribution in [0.25, 0.3) is 11.1 Å². The van der Waals surface area contributed by atoms with Crippen LogP contribution in [0.15, 0.2) is 41.3 Å². The molecule has 0 amide bonds. The predicted molar refractivity (Wildman–Crippen MR) is 81.0 cm³/mol. The van der Waals surface area contributed by atoms with Gasteiger partial charge in [-0.05, 0) is 36.2 Å². The molecule has 0 aliphatic carbocycles. The molecule has 2 aromatic carbocycles. The second-order valence-electron chi connectivity index (χ2n) is 5.08. The summed E-state index contributed by atoms with van der Waals surface area (Å²) in [7, 11) is -3.40. The second-order valence-corrected chi connectivity index (χ2v) is 7.36. The summed E-state index contributed by atoms with van der Waals surface area (Å²) in [6.45, 7) is 3.10. The molecule has 3 nitrogen and oxygen atoms in total. The van der Waals surface area contributed by atoms with Crippen LogP contribution in [-0.2, 0) is 16.0 Å². The molecule has 0 aliphatic rings. The topological polar surface area (TPSA) is 54.4 Å². The first kappa shape index (κ1) is 17.3. The van der Waals surface area contributed by atoms with Crippen molar-refractivity contribution in [2.24, 2.45) is 0 Å². The lowest BCUT2D eigenvalue weighted by atomic mass is 9.97. The van der Waals surface area contributed by atoms with Crippen molar-refractivity contribution in [3.05, 3.63) is 47.5 Å². The van der Waals surface area contributed by atoms with E-state index in [1.165, 1.54) is 37.3 Å². The maximum atomic E-state index is 12.9. The van der Waals surface area contributed by atoms with Crippen molar-refractivity contribution >= 4 is 9.84 Å². The number of hydrogen-bond acceptors (Lipinski definition) is 3. The number of sulfone groups is 1. The fourth-order valence-corrected chi connectivity index (χ4v) is 3.25. The Morgan fingerprint density at radius 1 is 1.09 bits per heavy atom. The Kier molecular flexibility index (Phi) is 4.43. The summed E-state index contributed by atoms with van der Waals surface area (Å²) < 4.78 is 62.3. The largest absolute Gasteiger partial charge is 0.507 e. The van der Waals surface area contributed by atoms with Crippen LogP contribution in [0.1, 0.15) is 18.1 Å². The monoisotopic (exact) mass is 344 g/mol. The molecule has 2 aromatic rings. The Bertz CT molecular complexity index is 840. The quantitative estimate of drug-likeness (QED) is 0.909. The standard InChI is InChI=1S/C16H15F3O3S/c1-3-23(21,22)11-7-8-12(10(2)9-11)13-5-4-6-14(15(13)20)16(17,18)19/h4-9,20H,3H2,1-2H3. The van der Waals surface area contributed by atoms with Gasteiger partial charge in [0.05, 0.1) is 16.2 Å². The number of rotatable bonds is 3. The summed E-state index contributed by atoms with van der Waals surface area (Å²) >= 11 is 0. The zero-order chi connectivity index (χ0) is 17.4. The Hall–Kier alpha value is -2.02. The molecule has 0 saturated heterocycles. The van der Waals surface area contributed by atoms with Gasteiger partial charge in [0.1, 0.15) is 5.75 Å². The molecular formula is C16H15F3O3S. The van der Waals surface area contributed by atoms with Crippen LogP contribution < -0.4 is 0 Å². The van der Waals surface area contributed by atoms with Gasteiger partial charge in [-0.3, -0.25) is 0 Å². The summed E-state index contributed by atoms with van der Waals surface area (Å²) in [5.74, 6) is -0.935. The molecule has 0 saturated carbocycles. The predicted octanol–water partition coefficient (Wildman–Crippen LogP) is 4.18. The molecule has 0 fully saturated rings. The molecule has 0 heterocycles.